The van der Waals surface area contributed by atoms with E-state index in [0.717, 1.165) is 0 Å². The SMILES string of the molecule is COc1ccc(O)c(NC(=O)[C@@H](N)C(C)C)c1. The molecular weight excluding hydrogens is 220 g/mol. The van der Waals surface area contributed by atoms with Crippen LogP contribution in [0.4, 0.5) is 5.69 Å². The summed E-state index contributed by atoms with van der Waals surface area (Å²) in [6.45, 7) is 3.71. The number of amides is 1. The Hall–Kier alpha value is -1.75. The van der Waals surface area contributed by atoms with Crippen LogP contribution < -0.4 is 15.8 Å². The van der Waals surface area contributed by atoms with Crippen molar-refractivity contribution in [2.45, 2.75) is 19.9 Å². The number of carbonyl (C=O) groups is 1. The molecule has 4 N–H and O–H groups in total. The molecule has 17 heavy (non-hydrogen) atoms. The molecule has 0 aromatic heterocycles. The molecule has 0 radical (unpaired) electrons. The number of nitrogens with two attached hydrogens (primary N) is 1. The first-order chi connectivity index (χ1) is 7.95. The molecule has 0 saturated carbocycles. The molecular formula is C12H18N2O3. The van der Waals surface area contributed by atoms with Crippen LogP contribution in [-0.4, -0.2) is 24.2 Å². The number of hydrogen-bond acceptors (Lipinski definition) is 4. The van der Waals surface area contributed by atoms with Gasteiger partial charge in [-0.3, -0.25) is 4.79 Å². The van der Waals surface area contributed by atoms with Gasteiger partial charge in [0, 0.05) is 6.07 Å². The zero-order valence-electron chi connectivity index (χ0n) is 10.2. The molecule has 1 aromatic carbocycles. The van der Waals surface area contributed by atoms with Crippen LogP contribution >= 0.6 is 0 Å². The maximum atomic E-state index is 11.7. The molecule has 0 spiro atoms. The van der Waals surface area contributed by atoms with Crippen molar-refractivity contribution in [1.29, 1.82) is 0 Å². The second kappa shape index (κ2) is 5.54. The molecule has 0 fully saturated rings. The van der Waals surface area contributed by atoms with E-state index in [1.54, 1.807) is 12.1 Å². The van der Waals surface area contributed by atoms with E-state index in [1.807, 2.05) is 13.8 Å². The fraction of sp³-hybridized carbons (Fsp3) is 0.417. The van der Waals surface area contributed by atoms with Gasteiger partial charge in [0.25, 0.3) is 0 Å². The van der Waals surface area contributed by atoms with E-state index in [0.29, 0.717) is 11.4 Å². The fourth-order valence-electron chi connectivity index (χ4n) is 1.26. The lowest BCUT2D eigenvalue weighted by atomic mass is 10.0. The summed E-state index contributed by atoms with van der Waals surface area (Å²) in [4.78, 5) is 11.7. The van der Waals surface area contributed by atoms with Gasteiger partial charge in [-0.1, -0.05) is 13.8 Å². The highest BCUT2D eigenvalue weighted by atomic mass is 16.5. The lowest BCUT2D eigenvalue weighted by Crippen LogP contribution is -2.39. The first-order valence-electron chi connectivity index (χ1n) is 5.39. The van der Waals surface area contributed by atoms with Gasteiger partial charge in [-0.25, -0.2) is 0 Å². The molecule has 1 rings (SSSR count). The lowest BCUT2D eigenvalue weighted by molar-refractivity contribution is -0.118. The average molecular weight is 238 g/mol. The standard InChI is InChI=1S/C12H18N2O3/c1-7(2)11(13)12(16)14-9-6-8(17-3)4-5-10(9)15/h4-7,11,15H,13H2,1-3H3,(H,14,16)/t11-/m0/s1. The van der Waals surface area contributed by atoms with Crippen molar-refractivity contribution in [2.24, 2.45) is 11.7 Å². The van der Waals surface area contributed by atoms with Gasteiger partial charge >= 0.3 is 0 Å². The van der Waals surface area contributed by atoms with Crippen LogP contribution in [0.15, 0.2) is 18.2 Å². The second-order valence-electron chi connectivity index (χ2n) is 4.14. The van der Waals surface area contributed by atoms with E-state index in [4.69, 9.17) is 10.5 Å². The predicted octanol–water partition coefficient (Wildman–Crippen LogP) is 1.32. The van der Waals surface area contributed by atoms with Gasteiger partial charge in [0.15, 0.2) is 0 Å². The molecule has 0 aliphatic rings. The summed E-state index contributed by atoms with van der Waals surface area (Å²) in [5.41, 5.74) is 6.00. The van der Waals surface area contributed by atoms with Crippen LogP contribution in [0.2, 0.25) is 0 Å². The van der Waals surface area contributed by atoms with Crippen molar-refractivity contribution >= 4 is 11.6 Å². The third-order valence-corrected chi connectivity index (χ3v) is 2.48. The van der Waals surface area contributed by atoms with E-state index < -0.39 is 6.04 Å². The zero-order valence-corrected chi connectivity index (χ0v) is 10.2. The maximum absolute atomic E-state index is 11.7. The minimum absolute atomic E-state index is 0.0184. The Morgan fingerprint density at radius 1 is 1.47 bits per heavy atom. The number of phenols is 1. The van der Waals surface area contributed by atoms with Gasteiger partial charge in [-0.15, -0.1) is 0 Å². The maximum Gasteiger partial charge on any atom is 0.241 e. The highest BCUT2D eigenvalue weighted by Gasteiger charge is 2.18. The molecule has 0 unspecified atom stereocenters. The quantitative estimate of drug-likeness (QED) is 0.691. The molecule has 0 aliphatic heterocycles. The van der Waals surface area contributed by atoms with E-state index in [9.17, 15) is 9.90 Å². The van der Waals surface area contributed by atoms with Gasteiger partial charge < -0.3 is 20.9 Å². The Balaban J connectivity index is 2.84. The number of aromatic hydroxyl groups is 1. The number of phenolic OH excluding ortho intramolecular Hbond substituents is 1. The van der Waals surface area contributed by atoms with Crippen LogP contribution in [0, 0.1) is 5.92 Å². The normalized spacial score (nSPS) is 12.3. The van der Waals surface area contributed by atoms with Gasteiger partial charge in [-0.2, -0.15) is 0 Å². The largest absolute Gasteiger partial charge is 0.506 e. The molecule has 0 saturated heterocycles. The first kappa shape index (κ1) is 13.3. The van der Waals surface area contributed by atoms with Gasteiger partial charge in [0.05, 0.1) is 18.8 Å². The summed E-state index contributed by atoms with van der Waals surface area (Å²) >= 11 is 0. The number of anilines is 1. The Bertz CT molecular complexity index is 405. The summed E-state index contributed by atoms with van der Waals surface area (Å²) in [5.74, 6) is 0.234. The van der Waals surface area contributed by atoms with E-state index in [-0.39, 0.29) is 17.6 Å². The molecule has 5 nitrogen and oxygen atoms in total. The fourth-order valence-corrected chi connectivity index (χ4v) is 1.26. The molecule has 1 aromatic rings. The second-order valence-corrected chi connectivity index (χ2v) is 4.14. The van der Waals surface area contributed by atoms with Gasteiger partial charge in [0.2, 0.25) is 5.91 Å². The van der Waals surface area contributed by atoms with Crippen molar-refractivity contribution in [3.8, 4) is 11.5 Å². The summed E-state index contributed by atoms with van der Waals surface area (Å²) in [6, 6.07) is 3.99. The Morgan fingerprint density at radius 2 is 2.12 bits per heavy atom. The third kappa shape index (κ3) is 3.35. The number of ether oxygens (including phenoxy) is 1. The van der Waals surface area contributed by atoms with Crippen molar-refractivity contribution in [3.63, 3.8) is 0 Å². The molecule has 1 atom stereocenters. The van der Waals surface area contributed by atoms with E-state index in [2.05, 4.69) is 5.32 Å². The van der Waals surface area contributed by atoms with Crippen molar-refractivity contribution in [1.82, 2.24) is 0 Å². The summed E-state index contributed by atoms with van der Waals surface area (Å²) < 4.78 is 5.01. The van der Waals surface area contributed by atoms with Gasteiger partial charge in [0.1, 0.15) is 11.5 Å². The summed E-state index contributed by atoms with van der Waals surface area (Å²) in [6.07, 6.45) is 0. The van der Waals surface area contributed by atoms with Crippen LogP contribution in [0.5, 0.6) is 11.5 Å². The average Bonchev–Trinajstić information content (AvgIpc) is 2.30. The topological polar surface area (TPSA) is 84.6 Å². The van der Waals surface area contributed by atoms with E-state index >= 15 is 0 Å². The zero-order chi connectivity index (χ0) is 13.0. The third-order valence-electron chi connectivity index (χ3n) is 2.48. The smallest absolute Gasteiger partial charge is 0.241 e. The number of hydrogen-bond donors (Lipinski definition) is 3. The number of benzene rings is 1. The Morgan fingerprint density at radius 3 is 2.65 bits per heavy atom. The Labute approximate surface area is 101 Å². The number of methoxy groups -OCH3 is 1. The van der Waals surface area contributed by atoms with Crippen molar-refractivity contribution < 1.29 is 14.6 Å². The van der Waals surface area contributed by atoms with Gasteiger partial charge in [-0.05, 0) is 18.1 Å². The van der Waals surface area contributed by atoms with Crippen LogP contribution in [-0.2, 0) is 4.79 Å². The summed E-state index contributed by atoms with van der Waals surface area (Å²) in [5, 5.41) is 12.2. The van der Waals surface area contributed by atoms with Crippen LogP contribution in [0.25, 0.3) is 0 Å². The minimum Gasteiger partial charge on any atom is -0.506 e. The molecule has 0 aliphatic carbocycles. The van der Waals surface area contributed by atoms with Crippen LogP contribution in [0.3, 0.4) is 0 Å². The monoisotopic (exact) mass is 238 g/mol. The number of rotatable bonds is 4. The van der Waals surface area contributed by atoms with Crippen LogP contribution in [0.1, 0.15) is 13.8 Å². The molecule has 94 valence electrons. The molecule has 5 heteroatoms. The highest BCUT2D eigenvalue weighted by molar-refractivity contribution is 5.96. The molecule has 1 amide bonds. The molecule has 0 heterocycles. The highest BCUT2D eigenvalue weighted by Crippen LogP contribution is 2.27. The molecule has 0 bridgehead atoms. The minimum atomic E-state index is -0.611. The predicted molar refractivity (Wildman–Crippen MR) is 66.1 cm³/mol. The first-order valence-corrected chi connectivity index (χ1v) is 5.39. The Kier molecular flexibility index (Phi) is 4.34. The van der Waals surface area contributed by atoms with E-state index in [1.165, 1.54) is 13.2 Å². The van der Waals surface area contributed by atoms with Crippen molar-refractivity contribution in [2.75, 3.05) is 12.4 Å². The number of carbonyl (C=O) groups excluding carboxylic acids is 1. The lowest BCUT2D eigenvalue weighted by Gasteiger charge is -2.16. The summed E-state index contributed by atoms with van der Waals surface area (Å²) in [7, 11) is 1.51. The van der Waals surface area contributed by atoms with Crippen molar-refractivity contribution in [3.05, 3.63) is 18.2 Å². The number of nitrogens with one attached hydrogen (secondary N) is 1.